The van der Waals surface area contributed by atoms with E-state index < -0.39 is 17.0 Å². The quantitative estimate of drug-likeness (QED) is 0.675. The largest absolute Gasteiger partial charge is 0.480 e. The summed E-state index contributed by atoms with van der Waals surface area (Å²) in [7, 11) is 0. The molecule has 0 aromatic carbocycles. The summed E-state index contributed by atoms with van der Waals surface area (Å²) in [6.45, 7) is 0. The smallest absolute Gasteiger partial charge is 0.329 e. The van der Waals surface area contributed by atoms with Gasteiger partial charge in [-0.1, -0.05) is 0 Å². The average Bonchev–Trinajstić information content (AvgIpc) is 2.06. The molecule has 4 N–H and O–H groups in total. The van der Waals surface area contributed by atoms with Crippen LogP contribution in [0.1, 0.15) is 38.5 Å². The van der Waals surface area contributed by atoms with Gasteiger partial charge in [0.1, 0.15) is 5.54 Å². The van der Waals surface area contributed by atoms with Gasteiger partial charge in [-0.3, -0.25) is 4.79 Å². The van der Waals surface area contributed by atoms with Crippen molar-refractivity contribution in [2.45, 2.75) is 49.6 Å². The molecule has 0 aromatic rings. The molecular weight excluding hydrogens is 232 g/mol. The minimum Gasteiger partial charge on any atom is -0.480 e. The van der Waals surface area contributed by atoms with Crippen LogP contribution in [0, 0.1) is 0 Å². The lowest BCUT2D eigenvalue weighted by Gasteiger charge is -2.43. The number of carboxylic acids is 1. The number of hydrogen-bond acceptors (Lipinski definition) is 3. The number of rotatable bonds is 3. The molecule has 0 spiro atoms. The Bertz CT molecular complexity index is 311. The van der Waals surface area contributed by atoms with E-state index in [-0.39, 0.29) is 18.3 Å². The van der Waals surface area contributed by atoms with E-state index in [9.17, 15) is 9.59 Å². The maximum absolute atomic E-state index is 11.8. The Morgan fingerprint density at radius 1 is 1.12 bits per heavy atom. The van der Waals surface area contributed by atoms with Gasteiger partial charge in [0.05, 0.1) is 5.54 Å². The molecule has 2 fully saturated rings. The van der Waals surface area contributed by atoms with Crippen LogP contribution in [0.15, 0.2) is 0 Å². The highest BCUT2D eigenvalue weighted by Crippen LogP contribution is 2.35. The van der Waals surface area contributed by atoms with Crippen molar-refractivity contribution < 1.29 is 14.7 Å². The van der Waals surface area contributed by atoms with Gasteiger partial charge in [-0.25, -0.2) is 4.79 Å². The third-order valence-electron chi connectivity index (χ3n) is 3.67. The van der Waals surface area contributed by atoms with Crippen LogP contribution < -0.4 is 11.1 Å². The second-order valence-electron chi connectivity index (χ2n) is 4.70. The van der Waals surface area contributed by atoms with Crippen molar-refractivity contribution in [2.75, 3.05) is 0 Å². The summed E-state index contributed by atoms with van der Waals surface area (Å²) in [6.07, 6.45) is 4.16. The van der Waals surface area contributed by atoms with Crippen LogP contribution in [0.5, 0.6) is 0 Å². The molecule has 0 saturated heterocycles. The fourth-order valence-electron chi connectivity index (χ4n) is 2.05. The topological polar surface area (TPSA) is 92.4 Å². The van der Waals surface area contributed by atoms with E-state index in [0.29, 0.717) is 25.7 Å². The summed E-state index contributed by atoms with van der Waals surface area (Å²) in [5.74, 6) is -1.24. The minimum absolute atomic E-state index is 0. The normalized spacial score (nSPS) is 24.3. The predicted molar refractivity (Wildman–Crippen MR) is 60.4 cm³/mol. The standard InChI is InChI=1S/C10H16N2O3.ClH/c11-9(3-1-4-9)7(13)12-10(8(14)15)5-2-6-10;/h1-6,11H2,(H,12,13)(H,14,15);1H. The van der Waals surface area contributed by atoms with Crippen LogP contribution in [0.2, 0.25) is 0 Å². The van der Waals surface area contributed by atoms with Crippen LogP contribution in [-0.4, -0.2) is 28.1 Å². The number of carbonyl (C=O) groups excluding carboxylic acids is 1. The number of carboxylic acid groups (broad SMARTS) is 1. The molecule has 2 saturated carbocycles. The van der Waals surface area contributed by atoms with Gasteiger partial charge in [0, 0.05) is 0 Å². The molecule has 0 unspecified atom stereocenters. The zero-order valence-corrected chi connectivity index (χ0v) is 9.81. The van der Waals surface area contributed by atoms with E-state index in [0.717, 1.165) is 12.8 Å². The van der Waals surface area contributed by atoms with Crippen LogP contribution in [-0.2, 0) is 9.59 Å². The Hall–Kier alpha value is -0.810. The number of halogens is 1. The van der Waals surface area contributed by atoms with Gasteiger partial charge < -0.3 is 16.2 Å². The van der Waals surface area contributed by atoms with E-state index in [1.807, 2.05) is 0 Å². The maximum Gasteiger partial charge on any atom is 0.329 e. The highest BCUT2D eigenvalue weighted by Gasteiger charge is 2.50. The van der Waals surface area contributed by atoms with Crippen molar-refractivity contribution in [3.8, 4) is 0 Å². The molecule has 6 heteroatoms. The van der Waals surface area contributed by atoms with E-state index >= 15 is 0 Å². The van der Waals surface area contributed by atoms with Gasteiger partial charge >= 0.3 is 5.97 Å². The first-order valence-electron chi connectivity index (χ1n) is 5.33. The summed E-state index contributed by atoms with van der Waals surface area (Å²) in [4.78, 5) is 22.8. The number of carbonyl (C=O) groups is 2. The first-order chi connectivity index (χ1) is 6.99. The Kier molecular flexibility index (Phi) is 3.50. The van der Waals surface area contributed by atoms with Gasteiger partial charge in [-0.2, -0.15) is 0 Å². The van der Waals surface area contributed by atoms with Gasteiger partial charge in [0.2, 0.25) is 5.91 Å². The molecule has 92 valence electrons. The minimum atomic E-state index is -1.03. The van der Waals surface area contributed by atoms with Gasteiger partial charge in [-0.05, 0) is 38.5 Å². The molecule has 1 amide bonds. The van der Waals surface area contributed by atoms with Crippen LogP contribution in [0.3, 0.4) is 0 Å². The molecule has 0 aromatic heterocycles. The summed E-state index contributed by atoms with van der Waals surface area (Å²) in [6, 6.07) is 0. The lowest BCUT2D eigenvalue weighted by molar-refractivity contribution is -0.153. The van der Waals surface area contributed by atoms with Gasteiger partial charge in [-0.15, -0.1) is 12.4 Å². The average molecular weight is 249 g/mol. The third-order valence-corrected chi connectivity index (χ3v) is 3.67. The molecule has 5 nitrogen and oxygen atoms in total. The SMILES string of the molecule is Cl.NC1(C(=O)NC2(C(=O)O)CCC2)CCC1. The Morgan fingerprint density at radius 2 is 1.62 bits per heavy atom. The molecule has 2 aliphatic carbocycles. The van der Waals surface area contributed by atoms with E-state index in [2.05, 4.69) is 5.32 Å². The lowest BCUT2D eigenvalue weighted by atomic mass is 9.73. The summed E-state index contributed by atoms with van der Waals surface area (Å²) in [5.41, 5.74) is 3.99. The predicted octanol–water partition coefficient (Wildman–Crippen LogP) is 0.413. The van der Waals surface area contributed by atoms with Crippen molar-refractivity contribution in [1.29, 1.82) is 0 Å². The van der Waals surface area contributed by atoms with Crippen LogP contribution in [0.25, 0.3) is 0 Å². The molecule has 2 rings (SSSR count). The fraction of sp³-hybridized carbons (Fsp3) is 0.800. The molecule has 0 bridgehead atoms. The molecule has 0 heterocycles. The first-order valence-corrected chi connectivity index (χ1v) is 5.33. The molecule has 2 aliphatic rings. The van der Waals surface area contributed by atoms with Crippen molar-refractivity contribution in [1.82, 2.24) is 5.32 Å². The van der Waals surface area contributed by atoms with Crippen molar-refractivity contribution in [3.05, 3.63) is 0 Å². The monoisotopic (exact) mass is 248 g/mol. The van der Waals surface area contributed by atoms with Gasteiger partial charge in [0.25, 0.3) is 0 Å². The second kappa shape index (κ2) is 4.22. The molecule has 0 atom stereocenters. The number of hydrogen-bond donors (Lipinski definition) is 3. The Labute approximate surface area is 100 Å². The van der Waals surface area contributed by atoms with E-state index in [1.165, 1.54) is 0 Å². The molecule has 0 aliphatic heterocycles. The number of nitrogens with two attached hydrogens (primary N) is 1. The third kappa shape index (κ3) is 1.89. The van der Waals surface area contributed by atoms with E-state index in [1.54, 1.807) is 0 Å². The van der Waals surface area contributed by atoms with Crippen LogP contribution in [0.4, 0.5) is 0 Å². The second-order valence-corrected chi connectivity index (χ2v) is 4.70. The van der Waals surface area contributed by atoms with Crippen molar-refractivity contribution in [2.24, 2.45) is 5.73 Å². The van der Waals surface area contributed by atoms with Crippen molar-refractivity contribution in [3.63, 3.8) is 0 Å². The Balaban J connectivity index is 0.00000128. The fourth-order valence-corrected chi connectivity index (χ4v) is 2.05. The number of nitrogens with one attached hydrogen (secondary N) is 1. The van der Waals surface area contributed by atoms with Crippen LogP contribution >= 0.6 is 12.4 Å². The maximum atomic E-state index is 11.8. The number of aliphatic carboxylic acids is 1. The molecule has 16 heavy (non-hydrogen) atoms. The summed E-state index contributed by atoms with van der Waals surface area (Å²) >= 11 is 0. The van der Waals surface area contributed by atoms with Crippen molar-refractivity contribution >= 4 is 24.3 Å². The van der Waals surface area contributed by atoms with E-state index in [4.69, 9.17) is 10.8 Å². The van der Waals surface area contributed by atoms with Gasteiger partial charge in [0.15, 0.2) is 0 Å². The number of amides is 1. The summed E-state index contributed by atoms with van der Waals surface area (Å²) < 4.78 is 0. The lowest BCUT2D eigenvalue weighted by Crippen LogP contribution is -2.67. The summed E-state index contributed by atoms with van der Waals surface area (Å²) in [5, 5.41) is 11.6. The Morgan fingerprint density at radius 3 is 1.88 bits per heavy atom. The zero-order valence-electron chi connectivity index (χ0n) is 8.99. The molecular formula is C10H17ClN2O3. The highest BCUT2D eigenvalue weighted by molar-refractivity contribution is 5.93. The molecule has 0 radical (unpaired) electrons. The first kappa shape index (κ1) is 13.3. The highest BCUT2D eigenvalue weighted by atomic mass is 35.5. The zero-order chi connectivity index (χ0) is 11.1.